The van der Waals surface area contributed by atoms with Crippen LogP contribution < -0.4 is 11.1 Å². The maximum Gasteiger partial charge on any atom is 0.408 e. The van der Waals surface area contributed by atoms with Crippen molar-refractivity contribution < 1.29 is 9.53 Å². The summed E-state index contributed by atoms with van der Waals surface area (Å²) in [6.45, 7) is 5.68. The average Bonchev–Trinajstić information content (AvgIpc) is 2.27. The summed E-state index contributed by atoms with van der Waals surface area (Å²) in [5.74, 6) is 0. The molecule has 0 aromatic heterocycles. The number of carbonyl (C=O) groups is 1. The van der Waals surface area contributed by atoms with Gasteiger partial charge in [0.2, 0.25) is 0 Å². The first-order chi connectivity index (χ1) is 8.73. The van der Waals surface area contributed by atoms with Gasteiger partial charge in [-0.15, -0.1) is 0 Å². The van der Waals surface area contributed by atoms with E-state index in [9.17, 15) is 4.79 Å². The predicted octanol–water partition coefficient (Wildman–Crippen LogP) is 3.63. The van der Waals surface area contributed by atoms with Gasteiger partial charge in [0.15, 0.2) is 0 Å². The van der Waals surface area contributed by atoms with Crippen LogP contribution in [0.25, 0.3) is 0 Å². The maximum absolute atomic E-state index is 11.7. The van der Waals surface area contributed by atoms with Crippen molar-refractivity contribution in [3.05, 3.63) is 33.3 Å². The van der Waals surface area contributed by atoms with Crippen molar-refractivity contribution in [1.29, 1.82) is 0 Å². The normalized spacial score (nSPS) is 12.9. The number of hydrogen-bond donors (Lipinski definition) is 2. The second-order valence-corrected chi connectivity index (χ2v) is 6.37. The molecule has 1 atom stereocenters. The van der Waals surface area contributed by atoms with E-state index in [1.54, 1.807) is 26.8 Å². The van der Waals surface area contributed by atoms with Gasteiger partial charge < -0.3 is 15.8 Å². The fourth-order valence-electron chi connectivity index (χ4n) is 1.46. The number of nitrogens with one attached hydrogen (secondary N) is 1. The SMILES string of the molecule is CC(C)(C)OC(=O)NC(CN)c1ccc(Br)c(Cl)c1. The Kier molecular flexibility index (Phi) is 5.64. The first-order valence-electron chi connectivity index (χ1n) is 5.87. The largest absolute Gasteiger partial charge is 0.444 e. The Morgan fingerprint density at radius 3 is 2.63 bits per heavy atom. The fraction of sp³-hybridized carbons (Fsp3) is 0.462. The highest BCUT2D eigenvalue weighted by Crippen LogP contribution is 2.26. The van der Waals surface area contributed by atoms with Gasteiger partial charge in [-0.1, -0.05) is 17.7 Å². The number of alkyl carbamates (subject to hydrolysis) is 1. The molecule has 1 rings (SSSR count). The van der Waals surface area contributed by atoms with Crippen LogP contribution in [-0.2, 0) is 4.74 Å². The Morgan fingerprint density at radius 1 is 1.53 bits per heavy atom. The zero-order valence-electron chi connectivity index (χ0n) is 11.2. The van der Waals surface area contributed by atoms with E-state index in [1.165, 1.54) is 0 Å². The van der Waals surface area contributed by atoms with Crippen LogP contribution in [0.5, 0.6) is 0 Å². The molecule has 1 aromatic rings. The van der Waals surface area contributed by atoms with Crippen LogP contribution in [0.2, 0.25) is 5.02 Å². The van der Waals surface area contributed by atoms with Gasteiger partial charge in [-0.05, 0) is 54.4 Å². The van der Waals surface area contributed by atoms with Crippen LogP contribution in [0.4, 0.5) is 4.79 Å². The minimum atomic E-state index is -0.541. The second kappa shape index (κ2) is 6.59. The van der Waals surface area contributed by atoms with Crippen LogP contribution in [-0.4, -0.2) is 18.2 Å². The molecule has 0 fully saturated rings. The van der Waals surface area contributed by atoms with Crippen LogP contribution in [0, 0.1) is 0 Å². The quantitative estimate of drug-likeness (QED) is 0.876. The molecule has 0 bridgehead atoms. The van der Waals surface area contributed by atoms with E-state index in [1.807, 2.05) is 12.1 Å². The van der Waals surface area contributed by atoms with E-state index in [4.69, 9.17) is 22.1 Å². The molecule has 0 saturated carbocycles. The van der Waals surface area contributed by atoms with E-state index >= 15 is 0 Å². The third-order valence-electron chi connectivity index (χ3n) is 2.27. The first kappa shape index (κ1) is 16.3. The Balaban J connectivity index is 2.78. The average molecular weight is 350 g/mol. The molecule has 0 heterocycles. The Morgan fingerprint density at radius 2 is 2.16 bits per heavy atom. The molecule has 0 saturated heterocycles. The van der Waals surface area contributed by atoms with E-state index in [2.05, 4.69) is 21.2 Å². The number of rotatable bonds is 3. The van der Waals surface area contributed by atoms with Gasteiger partial charge in [-0.2, -0.15) is 0 Å². The number of ether oxygens (including phenoxy) is 1. The second-order valence-electron chi connectivity index (χ2n) is 5.11. The zero-order chi connectivity index (χ0) is 14.6. The summed E-state index contributed by atoms with van der Waals surface area (Å²) >= 11 is 9.34. The molecule has 3 N–H and O–H groups in total. The minimum Gasteiger partial charge on any atom is -0.444 e. The molecule has 4 nitrogen and oxygen atoms in total. The summed E-state index contributed by atoms with van der Waals surface area (Å²) < 4.78 is 5.99. The van der Waals surface area contributed by atoms with Crippen LogP contribution in [0.1, 0.15) is 32.4 Å². The highest BCUT2D eigenvalue weighted by molar-refractivity contribution is 9.10. The number of hydrogen-bond acceptors (Lipinski definition) is 3. The summed E-state index contributed by atoms with van der Waals surface area (Å²) in [4.78, 5) is 11.7. The first-order valence-corrected chi connectivity index (χ1v) is 7.04. The van der Waals surface area contributed by atoms with Gasteiger partial charge in [-0.3, -0.25) is 0 Å². The van der Waals surface area contributed by atoms with E-state index in [-0.39, 0.29) is 12.6 Å². The maximum atomic E-state index is 11.7. The Bertz CT molecular complexity index is 460. The van der Waals surface area contributed by atoms with E-state index in [0.29, 0.717) is 5.02 Å². The number of amides is 1. The predicted molar refractivity (Wildman–Crippen MR) is 80.3 cm³/mol. The molecule has 19 heavy (non-hydrogen) atoms. The van der Waals surface area contributed by atoms with E-state index < -0.39 is 11.7 Å². The van der Waals surface area contributed by atoms with Crippen LogP contribution in [0.3, 0.4) is 0 Å². The lowest BCUT2D eigenvalue weighted by Crippen LogP contribution is -2.37. The number of nitrogens with two attached hydrogens (primary N) is 1. The third-order valence-corrected chi connectivity index (χ3v) is 3.51. The van der Waals surface area contributed by atoms with Crippen molar-refractivity contribution in [3.63, 3.8) is 0 Å². The molecular weight excluding hydrogens is 332 g/mol. The van der Waals surface area contributed by atoms with Crippen molar-refractivity contribution in [2.75, 3.05) is 6.54 Å². The zero-order valence-corrected chi connectivity index (χ0v) is 13.5. The molecule has 0 aliphatic carbocycles. The highest BCUT2D eigenvalue weighted by Gasteiger charge is 2.20. The fourth-order valence-corrected chi connectivity index (χ4v) is 1.89. The summed E-state index contributed by atoms with van der Waals surface area (Å²) in [5.41, 5.74) is 5.97. The number of carbonyl (C=O) groups excluding carboxylic acids is 1. The van der Waals surface area contributed by atoms with E-state index in [0.717, 1.165) is 10.0 Å². The van der Waals surface area contributed by atoms with Crippen molar-refractivity contribution >= 4 is 33.6 Å². The molecule has 1 amide bonds. The molecular formula is C13H18BrClN2O2. The summed E-state index contributed by atoms with van der Waals surface area (Å²) in [6.07, 6.45) is -0.498. The lowest BCUT2D eigenvalue weighted by molar-refractivity contribution is 0.0505. The number of benzene rings is 1. The van der Waals surface area contributed by atoms with Crippen molar-refractivity contribution in [2.45, 2.75) is 32.4 Å². The third kappa shape index (κ3) is 5.38. The lowest BCUT2D eigenvalue weighted by atomic mass is 10.1. The van der Waals surface area contributed by atoms with Crippen LogP contribution in [0.15, 0.2) is 22.7 Å². The highest BCUT2D eigenvalue weighted by atomic mass is 79.9. The molecule has 106 valence electrons. The smallest absolute Gasteiger partial charge is 0.408 e. The van der Waals surface area contributed by atoms with Crippen LogP contribution >= 0.6 is 27.5 Å². The van der Waals surface area contributed by atoms with Gasteiger partial charge in [-0.25, -0.2) is 4.79 Å². The van der Waals surface area contributed by atoms with Crippen molar-refractivity contribution in [1.82, 2.24) is 5.32 Å². The Labute approximate surface area is 126 Å². The van der Waals surface area contributed by atoms with Gasteiger partial charge in [0.25, 0.3) is 0 Å². The van der Waals surface area contributed by atoms with Gasteiger partial charge in [0.05, 0.1) is 11.1 Å². The molecule has 1 aromatic carbocycles. The Hall–Kier alpha value is -0.780. The summed E-state index contributed by atoms with van der Waals surface area (Å²) in [7, 11) is 0. The molecule has 0 aliphatic heterocycles. The standard InChI is InChI=1S/C13H18BrClN2O2/c1-13(2,3)19-12(18)17-11(7-16)8-4-5-9(14)10(15)6-8/h4-6,11H,7,16H2,1-3H3,(H,17,18). The van der Waals surface area contributed by atoms with Crippen molar-refractivity contribution in [2.24, 2.45) is 5.73 Å². The summed E-state index contributed by atoms with van der Waals surface area (Å²) in [5, 5.41) is 3.30. The lowest BCUT2D eigenvalue weighted by Gasteiger charge is -2.23. The van der Waals surface area contributed by atoms with Crippen molar-refractivity contribution in [3.8, 4) is 0 Å². The van der Waals surface area contributed by atoms with Gasteiger partial charge in [0.1, 0.15) is 5.60 Å². The summed E-state index contributed by atoms with van der Waals surface area (Å²) in [6, 6.07) is 5.10. The molecule has 0 aliphatic rings. The van der Waals surface area contributed by atoms with Gasteiger partial charge in [0, 0.05) is 11.0 Å². The topological polar surface area (TPSA) is 64.3 Å². The van der Waals surface area contributed by atoms with Gasteiger partial charge >= 0.3 is 6.09 Å². The number of halogens is 2. The monoisotopic (exact) mass is 348 g/mol. The minimum absolute atomic E-state index is 0.261. The molecule has 0 spiro atoms. The molecule has 1 unspecified atom stereocenters. The molecule has 0 radical (unpaired) electrons. The molecule has 6 heteroatoms.